The first kappa shape index (κ1) is 22.6. The van der Waals surface area contributed by atoms with Crippen LogP contribution in [0, 0.1) is 0 Å². The zero-order chi connectivity index (χ0) is 22.1. The van der Waals surface area contributed by atoms with Crippen LogP contribution in [0.15, 0.2) is 36.5 Å². The van der Waals surface area contributed by atoms with Crippen LogP contribution in [0.5, 0.6) is 0 Å². The van der Waals surface area contributed by atoms with Crippen molar-refractivity contribution in [3.63, 3.8) is 0 Å². The van der Waals surface area contributed by atoms with Crippen molar-refractivity contribution in [1.29, 1.82) is 0 Å². The highest BCUT2D eigenvalue weighted by molar-refractivity contribution is 7.18. The number of halogens is 5. The van der Waals surface area contributed by atoms with Crippen molar-refractivity contribution in [2.24, 2.45) is 12.8 Å². The van der Waals surface area contributed by atoms with Crippen molar-refractivity contribution < 1.29 is 18.0 Å². The van der Waals surface area contributed by atoms with Gasteiger partial charge in [0.05, 0.1) is 27.4 Å². The van der Waals surface area contributed by atoms with Crippen LogP contribution < -0.4 is 11.1 Å². The molecule has 0 bridgehead atoms. The van der Waals surface area contributed by atoms with Crippen LogP contribution >= 0.6 is 34.5 Å². The van der Waals surface area contributed by atoms with E-state index in [1.165, 1.54) is 12.3 Å². The maximum absolute atomic E-state index is 12.9. The standard InChI is InChI=1S/C19H17Cl2F3N4OS/c1-28-16(14(20)9-26-28)13-7-15(30-17(13)21)18(29)27-12(8-25)6-10-3-2-4-11(5-10)19(22,23)24/h2-5,7,9,12H,6,8,25H2,1H3,(H,27,29)/t12-/m0/s1. The summed E-state index contributed by atoms with van der Waals surface area (Å²) in [6.07, 6.45) is -2.80. The summed E-state index contributed by atoms with van der Waals surface area (Å²) in [5.74, 6) is -0.422. The number of thiophene rings is 1. The molecule has 0 spiro atoms. The molecule has 0 aliphatic rings. The predicted molar refractivity (Wildman–Crippen MR) is 112 cm³/mol. The van der Waals surface area contributed by atoms with Gasteiger partial charge in [0.1, 0.15) is 4.34 Å². The molecule has 3 rings (SSSR count). The first-order valence-electron chi connectivity index (χ1n) is 8.74. The van der Waals surface area contributed by atoms with Crippen molar-refractivity contribution in [1.82, 2.24) is 15.1 Å². The molecule has 3 aromatic rings. The third-order valence-electron chi connectivity index (χ3n) is 4.42. The number of nitrogens with one attached hydrogen (secondary N) is 1. The molecule has 1 aromatic carbocycles. The van der Waals surface area contributed by atoms with Crippen LogP contribution in [-0.2, 0) is 19.6 Å². The Bertz CT molecular complexity index is 1040. The van der Waals surface area contributed by atoms with Crippen molar-refractivity contribution in [3.8, 4) is 11.3 Å². The maximum Gasteiger partial charge on any atom is 0.416 e. The second kappa shape index (κ2) is 8.97. The molecule has 0 saturated heterocycles. The second-order valence-corrected chi connectivity index (χ2v) is 8.63. The Labute approximate surface area is 184 Å². The van der Waals surface area contributed by atoms with Crippen LogP contribution in [0.3, 0.4) is 0 Å². The molecule has 0 aliphatic carbocycles. The van der Waals surface area contributed by atoms with E-state index in [2.05, 4.69) is 10.4 Å². The number of alkyl halides is 3. The Morgan fingerprint density at radius 2 is 2.07 bits per heavy atom. The number of amides is 1. The van der Waals surface area contributed by atoms with E-state index in [0.717, 1.165) is 23.5 Å². The lowest BCUT2D eigenvalue weighted by molar-refractivity contribution is -0.137. The molecule has 0 unspecified atom stereocenters. The predicted octanol–water partition coefficient (Wildman–Crippen LogP) is 4.77. The summed E-state index contributed by atoms with van der Waals surface area (Å²) in [4.78, 5) is 13.0. The van der Waals surface area contributed by atoms with E-state index < -0.39 is 23.7 Å². The number of nitrogens with two attached hydrogens (primary N) is 1. The lowest BCUT2D eigenvalue weighted by atomic mass is 10.0. The molecule has 0 saturated carbocycles. The second-order valence-electron chi connectivity index (χ2n) is 6.57. The summed E-state index contributed by atoms with van der Waals surface area (Å²) in [5.41, 5.74) is 6.56. The number of carbonyl (C=O) groups excluding carboxylic acids is 1. The molecule has 30 heavy (non-hydrogen) atoms. The van der Waals surface area contributed by atoms with Crippen molar-refractivity contribution in [2.75, 3.05) is 6.54 Å². The number of benzene rings is 1. The van der Waals surface area contributed by atoms with Gasteiger partial charge in [-0.2, -0.15) is 18.3 Å². The van der Waals surface area contributed by atoms with E-state index in [4.69, 9.17) is 28.9 Å². The van der Waals surface area contributed by atoms with E-state index >= 15 is 0 Å². The Balaban J connectivity index is 1.76. The topological polar surface area (TPSA) is 72.9 Å². The average molecular weight is 477 g/mol. The molecular weight excluding hydrogens is 460 g/mol. The molecule has 1 atom stereocenters. The lowest BCUT2D eigenvalue weighted by Gasteiger charge is -2.17. The van der Waals surface area contributed by atoms with Crippen LogP contribution in [-0.4, -0.2) is 28.3 Å². The Morgan fingerprint density at radius 1 is 1.33 bits per heavy atom. The molecule has 3 N–H and O–H groups in total. The third-order valence-corrected chi connectivity index (χ3v) is 6.05. The Morgan fingerprint density at radius 3 is 2.67 bits per heavy atom. The third kappa shape index (κ3) is 4.97. The number of aryl methyl sites for hydroxylation is 1. The highest BCUT2D eigenvalue weighted by Gasteiger charge is 2.30. The minimum atomic E-state index is -4.44. The lowest BCUT2D eigenvalue weighted by Crippen LogP contribution is -2.41. The minimum absolute atomic E-state index is 0.0571. The summed E-state index contributed by atoms with van der Waals surface area (Å²) in [5, 5.41) is 7.21. The monoisotopic (exact) mass is 476 g/mol. The molecule has 2 aromatic heterocycles. The average Bonchev–Trinajstić information content (AvgIpc) is 3.22. The van der Waals surface area contributed by atoms with Gasteiger partial charge in [-0.05, 0) is 24.1 Å². The van der Waals surface area contributed by atoms with Crippen LogP contribution in [0.4, 0.5) is 13.2 Å². The highest BCUT2D eigenvalue weighted by atomic mass is 35.5. The molecule has 1 amide bonds. The van der Waals surface area contributed by atoms with Gasteiger partial charge >= 0.3 is 6.18 Å². The normalized spacial score (nSPS) is 12.8. The largest absolute Gasteiger partial charge is 0.416 e. The van der Waals surface area contributed by atoms with E-state index in [1.54, 1.807) is 23.9 Å². The molecule has 11 heteroatoms. The van der Waals surface area contributed by atoms with Crippen LogP contribution in [0.25, 0.3) is 11.3 Å². The first-order chi connectivity index (χ1) is 14.1. The van der Waals surface area contributed by atoms with Crippen molar-refractivity contribution in [2.45, 2.75) is 18.6 Å². The van der Waals surface area contributed by atoms with Gasteiger partial charge in [0.25, 0.3) is 5.91 Å². The van der Waals surface area contributed by atoms with Gasteiger partial charge in [-0.1, -0.05) is 41.4 Å². The van der Waals surface area contributed by atoms with Gasteiger partial charge in [0.15, 0.2) is 0 Å². The fourth-order valence-corrected chi connectivity index (χ4v) is 4.41. The summed E-state index contributed by atoms with van der Waals surface area (Å²) in [6, 6.07) is 6.00. The van der Waals surface area contributed by atoms with E-state index in [9.17, 15) is 18.0 Å². The first-order valence-corrected chi connectivity index (χ1v) is 10.3. The van der Waals surface area contributed by atoms with E-state index in [0.29, 0.717) is 31.1 Å². The molecule has 160 valence electrons. The molecular formula is C19H17Cl2F3N4OS. The SMILES string of the molecule is Cn1ncc(Cl)c1-c1cc(C(=O)N[C@H](CN)Cc2cccc(C(F)(F)F)c2)sc1Cl. The maximum atomic E-state index is 12.9. The van der Waals surface area contributed by atoms with Crippen molar-refractivity contribution in [3.05, 3.63) is 61.9 Å². The quantitative estimate of drug-likeness (QED) is 0.537. The molecule has 2 heterocycles. The fraction of sp³-hybridized carbons (Fsp3) is 0.263. The number of rotatable bonds is 6. The van der Waals surface area contributed by atoms with Gasteiger partial charge in [-0.25, -0.2) is 0 Å². The number of carbonyl (C=O) groups is 1. The fourth-order valence-electron chi connectivity index (χ4n) is 2.96. The summed E-state index contributed by atoms with van der Waals surface area (Å²) in [6.45, 7) is 0.0571. The van der Waals surface area contributed by atoms with E-state index in [-0.39, 0.29) is 13.0 Å². The zero-order valence-electron chi connectivity index (χ0n) is 15.6. The van der Waals surface area contributed by atoms with Gasteiger partial charge in [0.2, 0.25) is 0 Å². The Kier molecular flexibility index (Phi) is 6.76. The van der Waals surface area contributed by atoms with Gasteiger partial charge in [0, 0.05) is 25.2 Å². The van der Waals surface area contributed by atoms with E-state index in [1.807, 2.05) is 0 Å². The zero-order valence-corrected chi connectivity index (χ0v) is 18.0. The molecule has 0 radical (unpaired) electrons. The number of aromatic nitrogens is 2. The number of hydrogen-bond acceptors (Lipinski definition) is 4. The molecule has 0 fully saturated rings. The molecule has 5 nitrogen and oxygen atoms in total. The van der Waals surface area contributed by atoms with Crippen LogP contribution in [0.2, 0.25) is 9.36 Å². The summed E-state index contributed by atoms with van der Waals surface area (Å²) < 4.78 is 40.7. The summed E-state index contributed by atoms with van der Waals surface area (Å²) in [7, 11) is 1.70. The van der Waals surface area contributed by atoms with Gasteiger partial charge < -0.3 is 11.1 Å². The Hall–Kier alpha value is -2.07. The highest BCUT2D eigenvalue weighted by Crippen LogP contribution is 2.38. The van der Waals surface area contributed by atoms with Crippen molar-refractivity contribution >= 4 is 40.4 Å². The number of hydrogen-bond donors (Lipinski definition) is 2. The smallest absolute Gasteiger partial charge is 0.347 e. The molecule has 0 aliphatic heterocycles. The summed E-state index contributed by atoms with van der Waals surface area (Å²) >= 11 is 13.5. The van der Waals surface area contributed by atoms with Gasteiger partial charge in [-0.3, -0.25) is 9.48 Å². The number of nitrogens with zero attached hydrogens (tertiary/aromatic N) is 2. The van der Waals surface area contributed by atoms with Crippen LogP contribution in [0.1, 0.15) is 20.8 Å². The van der Waals surface area contributed by atoms with Gasteiger partial charge in [-0.15, -0.1) is 11.3 Å². The minimum Gasteiger partial charge on any atom is -0.347 e.